The van der Waals surface area contributed by atoms with Crippen LogP contribution in [0.5, 0.6) is 0 Å². The van der Waals surface area contributed by atoms with Crippen molar-refractivity contribution in [2.24, 2.45) is 5.92 Å². The smallest absolute Gasteiger partial charge is 0.253 e. The Bertz CT molecular complexity index is 769. The van der Waals surface area contributed by atoms with Crippen LogP contribution < -0.4 is 10.2 Å². The van der Waals surface area contributed by atoms with Gasteiger partial charge < -0.3 is 15.1 Å². The highest BCUT2D eigenvalue weighted by Crippen LogP contribution is 2.13. The van der Waals surface area contributed by atoms with E-state index in [0.29, 0.717) is 55.7 Å². The number of carbonyl (C=O) groups excluding carboxylic acids is 2. The first-order chi connectivity index (χ1) is 13.0. The molecule has 0 radical (unpaired) electrons. The van der Waals surface area contributed by atoms with Crippen LogP contribution in [0.15, 0.2) is 42.7 Å². The maximum Gasteiger partial charge on any atom is 0.253 e. The molecule has 0 atom stereocenters. The fourth-order valence-electron chi connectivity index (χ4n) is 2.91. The van der Waals surface area contributed by atoms with Gasteiger partial charge >= 0.3 is 0 Å². The van der Waals surface area contributed by atoms with E-state index in [1.807, 2.05) is 18.7 Å². The van der Waals surface area contributed by atoms with Crippen molar-refractivity contribution in [1.29, 1.82) is 0 Å². The van der Waals surface area contributed by atoms with Crippen LogP contribution in [0, 0.1) is 5.92 Å². The third kappa shape index (κ3) is 4.81. The highest BCUT2D eigenvalue weighted by Gasteiger charge is 2.23. The zero-order valence-electron chi connectivity index (χ0n) is 15.8. The van der Waals surface area contributed by atoms with Crippen molar-refractivity contribution in [3.05, 3.63) is 53.9 Å². The number of amides is 2. The topological polar surface area (TPSA) is 78.4 Å². The van der Waals surface area contributed by atoms with Crippen LogP contribution in [-0.2, 0) is 0 Å². The lowest BCUT2D eigenvalue weighted by atomic mass is 10.1. The molecule has 1 aliphatic heterocycles. The molecule has 142 valence electrons. The quantitative estimate of drug-likeness (QED) is 0.872. The summed E-state index contributed by atoms with van der Waals surface area (Å²) in [5.74, 6) is 0.966. The lowest BCUT2D eigenvalue weighted by Gasteiger charge is -2.34. The number of rotatable bonds is 5. The Hall–Kier alpha value is -2.96. The van der Waals surface area contributed by atoms with Gasteiger partial charge in [-0.15, -0.1) is 0 Å². The normalized spacial score (nSPS) is 14.3. The minimum absolute atomic E-state index is 0.0160. The second-order valence-corrected chi connectivity index (χ2v) is 7.01. The Labute approximate surface area is 159 Å². The van der Waals surface area contributed by atoms with Crippen molar-refractivity contribution >= 4 is 17.8 Å². The summed E-state index contributed by atoms with van der Waals surface area (Å²) in [6.07, 6.45) is 3.44. The van der Waals surface area contributed by atoms with Crippen molar-refractivity contribution in [1.82, 2.24) is 20.2 Å². The van der Waals surface area contributed by atoms with E-state index in [-0.39, 0.29) is 11.8 Å². The average Bonchev–Trinajstić information content (AvgIpc) is 2.72. The van der Waals surface area contributed by atoms with Gasteiger partial charge in [0.2, 0.25) is 5.95 Å². The van der Waals surface area contributed by atoms with Gasteiger partial charge in [-0.3, -0.25) is 9.59 Å². The van der Waals surface area contributed by atoms with Gasteiger partial charge in [-0.25, -0.2) is 9.97 Å². The molecule has 2 heterocycles. The number of nitrogens with one attached hydrogen (secondary N) is 1. The molecule has 1 aromatic heterocycles. The number of anilines is 1. The molecule has 1 aromatic carbocycles. The lowest BCUT2D eigenvalue weighted by Crippen LogP contribution is -2.49. The summed E-state index contributed by atoms with van der Waals surface area (Å²) in [5, 5.41) is 2.88. The zero-order chi connectivity index (χ0) is 19.2. The van der Waals surface area contributed by atoms with Gasteiger partial charge in [0.05, 0.1) is 0 Å². The molecule has 0 aliphatic carbocycles. The van der Waals surface area contributed by atoms with E-state index < -0.39 is 0 Å². The second-order valence-electron chi connectivity index (χ2n) is 7.01. The molecule has 0 unspecified atom stereocenters. The largest absolute Gasteiger partial charge is 0.352 e. The molecule has 2 amide bonds. The summed E-state index contributed by atoms with van der Waals surface area (Å²) in [7, 11) is 0. The highest BCUT2D eigenvalue weighted by molar-refractivity contribution is 5.97. The molecule has 0 bridgehead atoms. The van der Waals surface area contributed by atoms with E-state index in [2.05, 4.69) is 20.2 Å². The van der Waals surface area contributed by atoms with Crippen LogP contribution in [0.1, 0.15) is 34.6 Å². The number of carbonyl (C=O) groups is 2. The van der Waals surface area contributed by atoms with Gasteiger partial charge in [-0.05, 0) is 36.2 Å². The number of piperazine rings is 1. The van der Waals surface area contributed by atoms with Crippen molar-refractivity contribution in [2.75, 3.05) is 37.6 Å². The molecule has 0 spiro atoms. The summed E-state index contributed by atoms with van der Waals surface area (Å²) in [5.41, 5.74) is 1.16. The first-order valence-electron chi connectivity index (χ1n) is 9.24. The highest BCUT2D eigenvalue weighted by atomic mass is 16.2. The Morgan fingerprint density at radius 1 is 1.00 bits per heavy atom. The van der Waals surface area contributed by atoms with E-state index in [9.17, 15) is 9.59 Å². The molecular weight excluding hydrogens is 342 g/mol. The fourth-order valence-corrected chi connectivity index (χ4v) is 2.91. The Kier molecular flexibility index (Phi) is 6.01. The van der Waals surface area contributed by atoms with Crippen LogP contribution in [0.3, 0.4) is 0 Å². The molecule has 7 heteroatoms. The predicted molar refractivity (Wildman–Crippen MR) is 104 cm³/mol. The molecule has 1 N–H and O–H groups in total. The number of benzene rings is 1. The molecular formula is C20H25N5O2. The molecule has 1 saturated heterocycles. The van der Waals surface area contributed by atoms with Gasteiger partial charge in [-0.1, -0.05) is 13.8 Å². The monoisotopic (exact) mass is 367 g/mol. The molecule has 3 rings (SSSR count). The van der Waals surface area contributed by atoms with Gasteiger partial charge in [-0.2, -0.15) is 0 Å². The Morgan fingerprint density at radius 3 is 2.19 bits per heavy atom. The molecule has 1 fully saturated rings. The third-order valence-electron chi connectivity index (χ3n) is 4.47. The summed E-state index contributed by atoms with van der Waals surface area (Å²) >= 11 is 0. The van der Waals surface area contributed by atoms with E-state index in [4.69, 9.17) is 0 Å². The predicted octanol–water partition coefficient (Wildman–Crippen LogP) is 1.82. The molecule has 27 heavy (non-hydrogen) atoms. The van der Waals surface area contributed by atoms with Crippen molar-refractivity contribution in [3.8, 4) is 0 Å². The van der Waals surface area contributed by atoms with Crippen LogP contribution in [-0.4, -0.2) is 59.4 Å². The van der Waals surface area contributed by atoms with Crippen molar-refractivity contribution in [2.45, 2.75) is 13.8 Å². The lowest BCUT2D eigenvalue weighted by molar-refractivity contribution is 0.0745. The SMILES string of the molecule is CC(C)CNC(=O)c1ccc(C(=O)N2CCN(c3ncccn3)CC2)cc1. The number of hydrogen-bond donors (Lipinski definition) is 1. The third-order valence-corrected chi connectivity index (χ3v) is 4.47. The summed E-state index contributed by atoms with van der Waals surface area (Å²) in [6.45, 7) is 7.37. The number of hydrogen-bond acceptors (Lipinski definition) is 5. The van der Waals surface area contributed by atoms with Crippen LogP contribution in [0.4, 0.5) is 5.95 Å². The molecule has 1 aliphatic rings. The second kappa shape index (κ2) is 8.62. The van der Waals surface area contributed by atoms with Crippen molar-refractivity contribution in [3.63, 3.8) is 0 Å². The van der Waals surface area contributed by atoms with E-state index >= 15 is 0 Å². The molecule has 0 saturated carbocycles. The van der Waals surface area contributed by atoms with Gasteiger partial charge in [0.1, 0.15) is 0 Å². The summed E-state index contributed by atoms with van der Waals surface area (Å²) in [4.78, 5) is 37.2. The maximum atomic E-state index is 12.7. The van der Waals surface area contributed by atoms with Gasteiger partial charge in [0, 0.05) is 56.2 Å². The number of aromatic nitrogens is 2. The van der Waals surface area contributed by atoms with Crippen LogP contribution in [0.2, 0.25) is 0 Å². The molecule has 2 aromatic rings. The first kappa shape index (κ1) is 18.8. The van der Waals surface area contributed by atoms with E-state index in [1.54, 1.807) is 42.7 Å². The van der Waals surface area contributed by atoms with Crippen LogP contribution in [0.25, 0.3) is 0 Å². The van der Waals surface area contributed by atoms with Crippen molar-refractivity contribution < 1.29 is 9.59 Å². The maximum absolute atomic E-state index is 12.7. The fraction of sp³-hybridized carbons (Fsp3) is 0.400. The van der Waals surface area contributed by atoms with Gasteiger partial charge in [0.25, 0.3) is 11.8 Å². The van der Waals surface area contributed by atoms with Crippen LogP contribution >= 0.6 is 0 Å². The zero-order valence-corrected chi connectivity index (χ0v) is 15.8. The van der Waals surface area contributed by atoms with Gasteiger partial charge in [0.15, 0.2) is 0 Å². The average molecular weight is 367 g/mol. The molecule has 7 nitrogen and oxygen atoms in total. The van der Waals surface area contributed by atoms with E-state index in [0.717, 1.165) is 0 Å². The van der Waals surface area contributed by atoms with E-state index in [1.165, 1.54) is 0 Å². The Morgan fingerprint density at radius 2 is 1.59 bits per heavy atom. The number of nitrogens with zero attached hydrogens (tertiary/aromatic N) is 4. The minimum atomic E-state index is -0.112. The summed E-state index contributed by atoms with van der Waals surface area (Å²) in [6, 6.07) is 8.64. The minimum Gasteiger partial charge on any atom is -0.352 e. The summed E-state index contributed by atoms with van der Waals surface area (Å²) < 4.78 is 0. The Balaban J connectivity index is 1.56. The first-order valence-corrected chi connectivity index (χ1v) is 9.24. The standard InChI is InChI=1S/C20H25N5O2/c1-15(2)14-23-18(26)16-4-6-17(7-5-16)19(27)24-10-12-25(13-11-24)20-21-8-3-9-22-20/h3-9,15H,10-14H2,1-2H3,(H,23,26).